The average Bonchev–Trinajstić information content (AvgIpc) is 2.87. The van der Waals surface area contributed by atoms with Crippen LogP contribution in [-0.2, 0) is 0 Å². The molecular weight excluding hydrogens is 342 g/mol. The number of allylic oxidation sites excluding steroid dienone is 2. The lowest BCUT2D eigenvalue weighted by molar-refractivity contribution is 0.504. The highest BCUT2D eigenvalue weighted by Crippen LogP contribution is 2.92. The zero-order chi connectivity index (χ0) is 20.9. The second kappa shape index (κ2) is 5.46. The standard InChI is InChI=1S/C22H46B2Si2/c1-18(2,3)17-16-21(23(17)19(4,5)6)22(25(10,11)12,26(13,14)15)24(21)20(7,8)9/h16H,1-15H3. The lowest BCUT2D eigenvalue weighted by atomic mass is 9.10. The van der Waals surface area contributed by atoms with E-state index in [-0.39, 0.29) is 0 Å². The van der Waals surface area contributed by atoms with Gasteiger partial charge in [0.2, 0.25) is 0 Å². The Morgan fingerprint density at radius 1 is 0.692 bits per heavy atom. The van der Waals surface area contributed by atoms with E-state index < -0.39 is 16.1 Å². The summed E-state index contributed by atoms with van der Waals surface area (Å²) in [5.74, 6) is 0. The van der Waals surface area contributed by atoms with E-state index in [1.54, 1.807) is 5.47 Å². The summed E-state index contributed by atoms with van der Waals surface area (Å²) in [6, 6.07) is 0. The summed E-state index contributed by atoms with van der Waals surface area (Å²) < 4.78 is 0.595. The number of hydrogen-bond donors (Lipinski definition) is 0. The molecule has 0 aromatic heterocycles. The highest BCUT2D eigenvalue weighted by molar-refractivity contribution is 7.27. The Kier molecular flexibility index (Phi) is 4.75. The molecule has 0 N–H and O–H groups in total. The fourth-order valence-electron chi connectivity index (χ4n) is 8.18. The van der Waals surface area contributed by atoms with Gasteiger partial charge in [-0.15, -0.1) is 6.08 Å². The maximum atomic E-state index is 2.84. The van der Waals surface area contributed by atoms with Crippen LogP contribution in [0.15, 0.2) is 11.5 Å². The van der Waals surface area contributed by atoms with Crippen molar-refractivity contribution in [3.63, 3.8) is 0 Å². The van der Waals surface area contributed by atoms with Crippen molar-refractivity contribution in [1.82, 2.24) is 0 Å². The molecule has 1 unspecified atom stereocenters. The van der Waals surface area contributed by atoms with Crippen molar-refractivity contribution >= 4 is 29.6 Å². The molecule has 0 aromatic rings. The van der Waals surface area contributed by atoms with Gasteiger partial charge in [-0.05, 0) is 5.41 Å². The van der Waals surface area contributed by atoms with Crippen LogP contribution in [0.2, 0.25) is 59.7 Å². The summed E-state index contributed by atoms with van der Waals surface area (Å²) >= 11 is 0. The van der Waals surface area contributed by atoms with Crippen molar-refractivity contribution < 1.29 is 0 Å². The summed E-state index contributed by atoms with van der Waals surface area (Å²) in [7, 11) is -2.76. The maximum absolute atomic E-state index is 2.84. The van der Waals surface area contributed by atoms with Gasteiger partial charge in [0.15, 0.2) is 6.71 Å². The molecule has 2 aliphatic rings. The lowest BCUT2D eigenvalue weighted by Gasteiger charge is -2.56. The van der Waals surface area contributed by atoms with Crippen molar-refractivity contribution in [3.05, 3.63) is 11.5 Å². The van der Waals surface area contributed by atoms with Gasteiger partial charge >= 0.3 is 0 Å². The summed E-state index contributed by atoms with van der Waals surface area (Å²) in [6.45, 7) is 40.1. The monoisotopic (exact) mass is 388 g/mol. The van der Waals surface area contributed by atoms with E-state index >= 15 is 0 Å². The van der Waals surface area contributed by atoms with Crippen LogP contribution in [0.3, 0.4) is 0 Å². The summed E-state index contributed by atoms with van der Waals surface area (Å²) in [5, 5.41) is 1.16. The van der Waals surface area contributed by atoms with E-state index in [0.29, 0.717) is 25.8 Å². The Balaban J connectivity index is 2.87. The Labute approximate surface area is 168 Å². The fourth-order valence-corrected chi connectivity index (χ4v) is 23.4. The molecule has 2 heterocycles. The minimum atomic E-state index is -1.38. The fraction of sp³-hybridized carbons (Fsp3) is 0.909. The van der Waals surface area contributed by atoms with E-state index in [2.05, 4.69) is 108 Å². The van der Waals surface area contributed by atoms with Gasteiger partial charge in [0, 0.05) is 16.1 Å². The molecule has 1 atom stereocenters. The highest BCUT2D eigenvalue weighted by Gasteiger charge is 2.91. The Hall–Kier alpha value is 0.304. The zero-order valence-corrected chi connectivity index (χ0v) is 22.7. The molecule has 0 aliphatic carbocycles. The number of rotatable bonds is 2. The largest absolute Gasteiger partial charge is 0.178 e. The van der Waals surface area contributed by atoms with Crippen LogP contribution in [0, 0.1) is 5.41 Å². The van der Waals surface area contributed by atoms with E-state index in [4.69, 9.17) is 0 Å². The predicted molar refractivity (Wildman–Crippen MR) is 131 cm³/mol. The second-order valence-corrected chi connectivity index (χ2v) is 25.8. The maximum Gasteiger partial charge on any atom is 0.178 e. The Morgan fingerprint density at radius 3 is 1.27 bits per heavy atom. The molecule has 0 nitrogen and oxygen atoms in total. The average molecular weight is 388 g/mol. The first-order valence-corrected chi connectivity index (χ1v) is 17.8. The first-order valence-electron chi connectivity index (χ1n) is 10.8. The quantitative estimate of drug-likeness (QED) is 0.422. The summed E-state index contributed by atoms with van der Waals surface area (Å²) in [5.41, 5.74) is 2.04. The van der Waals surface area contributed by atoms with Crippen LogP contribution in [0.4, 0.5) is 0 Å². The van der Waals surface area contributed by atoms with E-state index in [1.807, 2.05) is 0 Å². The van der Waals surface area contributed by atoms with Gasteiger partial charge in [-0.25, -0.2) is 0 Å². The minimum Gasteiger partial charge on any atom is -0.102 e. The first kappa shape index (κ1) is 22.6. The third kappa shape index (κ3) is 2.67. The van der Waals surface area contributed by atoms with Crippen molar-refractivity contribution in [3.8, 4) is 0 Å². The van der Waals surface area contributed by atoms with Crippen LogP contribution in [0.25, 0.3) is 0 Å². The van der Waals surface area contributed by atoms with Crippen LogP contribution in [-0.4, -0.2) is 29.6 Å². The molecule has 0 radical (unpaired) electrons. The molecule has 0 saturated carbocycles. The van der Waals surface area contributed by atoms with Gasteiger partial charge in [0.1, 0.15) is 6.71 Å². The van der Waals surface area contributed by atoms with Crippen molar-refractivity contribution in [2.24, 2.45) is 5.41 Å². The molecule has 0 amide bonds. The minimum absolute atomic E-state index is 0.291. The van der Waals surface area contributed by atoms with E-state index in [0.717, 1.165) is 13.4 Å². The van der Waals surface area contributed by atoms with Gasteiger partial charge < -0.3 is 0 Å². The van der Waals surface area contributed by atoms with Gasteiger partial charge in [-0.2, -0.15) is 0 Å². The molecule has 148 valence electrons. The van der Waals surface area contributed by atoms with Gasteiger partial charge in [0.25, 0.3) is 0 Å². The van der Waals surface area contributed by atoms with Crippen LogP contribution < -0.4 is 0 Å². The Bertz CT molecular complexity index is 601. The van der Waals surface area contributed by atoms with Crippen LogP contribution in [0.1, 0.15) is 62.3 Å². The van der Waals surface area contributed by atoms with E-state index in [1.165, 1.54) is 0 Å². The van der Waals surface area contributed by atoms with Crippen LogP contribution in [0.5, 0.6) is 0 Å². The number of hydrogen-bond acceptors (Lipinski definition) is 0. The van der Waals surface area contributed by atoms with Crippen molar-refractivity contribution in [2.75, 3.05) is 0 Å². The molecule has 1 saturated heterocycles. The molecule has 4 heteroatoms. The molecule has 2 aliphatic heterocycles. The first-order chi connectivity index (χ1) is 11.1. The van der Waals surface area contributed by atoms with Gasteiger partial charge in [-0.1, -0.05) is 127 Å². The van der Waals surface area contributed by atoms with Crippen LogP contribution >= 0.6 is 0 Å². The van der Waals surface area contributed by atoms with Crippen molar-refractivity contribution in [1.29, 1.82) is 0 Å². The molecule has 0 bridgehead atoms. The van der Waals surface area contributed by atoms with Gasteiger partial charge in [0.05, 0.1) is 0 Å². The second-order valence-electron chi connectivity index (χ2n) is 14.7. The normalized spacial score (nSPS) is 26.8. The molecular formula is C22H46B2Si2. The third-order valence-electron chi connectivity index (χ3n) is 7.66. The predicted octanol–water partition coefficient (Wildman–Crippen LogP) is 7.89. The van der Waals surface area contributed by atoms with Gasteiger partial charge in [-0.3, -0.25) is 0 Å². The summed E-state index contributed by atoms with van der Waals surface area (Å²) in [6.07, 6.45) is 2.84. The topological polar surface area (TPSA) is 0 Å². The zero-order valence-electron chi connectivity index (χ0n) is 20.7. The SMILES string of the molecule is CC(C)(C)B1C(C(C)(C)C)=CC12B(C(C)(C)C)C2([Si](C)(C)C)[Si](C)(C)C. The van der Waals surface area contributed by atoms with Crippen molar-refractivity contribution in [2.45, 2.75) is 122 Å². The van der Waals surface area contributed by atoms with E-state index in [9.17, 15) is 0 Å². The molecule has 1 spiro atoms. The molecule has 1 fully saturated rings. The third-order valence-corrected chi connectivity index (χ3v) is 18.3. The lowest BCUT2D eigenvalue weighted by Crippen LogP contribution is -2.55. The summed E-state index contributed by atoms with van der Waals surface area (Å²) in [4.78, 5) is 0. The molecule has 0 aromatic carbocycles. The smallest absolute Gasteiger partial charge is 0.102 e. The molecule has 26 heavy (non-hydrogen) atoms. The Morgan fingerprint density at radius 2 is 1.08 bits per heavy atom. The highest BCUT2D eigenvalue weighted by atomic mass is 28.4. The molecule has 2 rings (SSSR count).